The molecule has 1 atom stereocenters. The number of methoxy groups -OCH3 is 1. The van der Waals surface area contributed by atoms with Gasteiger partial charge in [0.05, 0.1) is 6.61 Å². The molecule has 96 valence electrons. The lowest BCUT2D eigenvalue weighted by molar-refractivity contribution is -0.207. The minimum atomic E-state index is -4.71. The average Bonchev–Trinajstić information content (AvgIpc) is 2.28. The molecule has 0 fully saturated rings. The minimum absolute atomic E-state index is 0.00868. The van der Waals surface area contributed by atoms with Crippen molar-refractivity contribution in [1.29, 1.82) is 0 Å². The third-order valence-corrected chi connectivity index (χ3v) is 2.07. The van der Waals surface area contributed by atoms with Gasteiger partial charge in [-0.2, -0.15) is 13.2 Å². The van der Waals surface area contributed by atoms with E-state index in [9.17, 15) is 13.2 Å². The second kappa shape index (κ2) is 5.88. The van der Waals surface area contributed by atoms with Crippen LogP contribution in [0.4, 0.5) is 13.2 Å². The molecule has 0 saturated heterocycles. The van der Waals surface area contributed by atoms with Crippen LogP contribution in [0.1, 0.15) is 11.7 Å². The fourth-order valence-corrected chi connectivity index (χ4v) is 1.25. The van der Waals surface area contributed by atoms with Crippen LogP contribution in [0.15, 0.2) is 24.3 Å². The highest BCUT2D eigenvalue weighted by atomic mass is 19.4. The fourth-order valence-electron chi connectivity index (χ4n) is 1.25. The third kappa shape index (κ3) is 3.90. The van der Waals surface area contributed by atoms with Crippen LogP contribution in [-0.2, 0) is 4.74 Å². The maximum Gasteiger partial charge on any atom is 0.418 e. The zero-order valence-electron chi connectivity index (χ0n) is 9.20. The number of aliphatic hydroxyl groups is 1. The van der Waals surface area contributed by atoms with Crippen LogP contribution in [-0.4, -0.2) is 31.6 Å². The summed E-state index contributed by atoms with van der Waals surface area (Å²) in [5, 5.41) is 9.16. The van der Waals surface area contributed by atoms with Gasteiger partial charge < -0.3 is 14.6 Å². The molecular formula is C11H13F3O3. The summed E-state index contributed by atoms with van der Waals surface area (Å²) in [4.78, 5) is 0. The number of hydrogen-bond acceptors (Lipinski definition) is 3. The minimum Gasteiger partial charge on any atom is -0.491 e. The third-order valence-electron chi connectivity index (χ3n) is 2.07. The maximum absolute atomic E-state index is 12.4. The van der Waals surface area contributed by atoms with Gasteiger partial charge in [-0.1, -0.05) is 18.2 Å². The predicted molar refractivity (Wildman–Crippen MR) is 54.8 cm³/mol. The molecule has 0 saturated carbocycles. The van der Waals surface area contributed by atoms with Gasteiger partial charge in [-0.15, -0.1) is 0 Å². The summed E-state index contributed by atoms with van der Waals surface area (Å²) in [6.07, 6.45) is -7.25. The summed E-state index contributed by atoms with van der Waals surface area (Å²) in [6, 6.07) is 5.50. The molecule has 17 heavy (non-hydrogen) atoms. The summed E-state index contributed by atoms with van der Waals surface area (Å²) < 4.78 is 46.9. The molecule has 0 amide bonds. The summed E-state index contributed by atoms with van der Waals surface area (Å²) in [6.45, 7) is 0.383. The van der Waals surface area contributed by atoms with E-state index in [0.29, 0.717) is 0 Å². The van der Waals surface area contributed by atoms with Gasteiger partial charge in [-0.3, -0.25) is 0 Å². The Bertz CT molecular complexity index is 352. The number of alkyl halides is 3. The molecule has 0 heterocycles. The number of ether oxygens (including phenoxy) is 2. The van der Waals surface area contributed by atoms with Crippen LogP contribution in [0, 0.1) is 0 Å². The van der Waals surface area contributed by atoms with Crippen LogP contribution in [0.2, 0.25) is 0 Å². The van der Waals surface area contributed by atoms with Crippen molar-refractivity contribution < 1.29 is 27.8 Å². The molecule has 1 rings (SSSR count). The lowest BCUT2D eigenvalue weighted by Crippen LogP contribution is -2.21. The highest BCUT2D eigenvalue weighted by Crippen LogP contribution is 2.36. The zero-order valence-corrected chi connectivity index (χ0v) is 9.20. The Morgan fingerprint density at radius 1 is 1.24 bits per heavy atom. The Labute approximate surface area is 96.8 Å². The monoisotopic (exact) mass is 250 g/mol. The van der Waals surface area contributed by atoms with Gasteiger partial charge in [0.25, 0.3) is 0 Å². The lowest BCUT2D eigenvalue weighted by Gasteiger charge is -2.18. The quantitative estimate of drug-likeness (QED) is 0.815. The first-order valence-electron chi connectivity index (χ1n) is 4.92. The van der Waals surface area contributed by atoms with Gasteiger partial charge >= 0.3 is 6.18 Å². The summed E-state index contributed by atoms with van der Waals surface area (Å²) in [7, 11) is 1.46. The number of rotatable bonds is 5. The molecule has 0 radical (unpaired) electrons. The maximum atomic E-state index is 12.4. The van der Waals surface area contributed by atoms with E-state index in [1.807, 2.05) is 0 Å². The highest BCUT2D eigenvalue weighted by Gasteiger charge is 2.40. The van der Waals surface area contributed by atoms with Crippen molar-refractivity contribution in [1.82, 2.24) is 0 Å². The molecule has 0 aliphatic heterocycles. The smallest absolute Gasteiger partial charge is 0.418 e. The van der Waals surface area contributed by atoms with Crippen LogP contribution in [0.25, 0.3) is 0 Å². The molecule has 6 heteroatoms. The van der Waals surface area contributed by atoms with E-state index in [1.165, 1.54) is 31.4 Å². The summed E-state index contributed by atoms with van der Waals surface area (Å²) >= 11 is 0. The van der Waals surface area contributed by atoms with Crippen LogP contribution >= 0.6 is 0 Å². The molecule has 0 spiro atoms. The average molecular weight is 250 g/mol. The van der Waals surface area contributed by atoms with Gasteiger partial charge in [-0.25, -0.2) is 0 Å². The molecule has 1 aromatic rings. The van der Waals surface area contributed by atoms with E-state index in [2.05, 4.69) is 0 Å². The first-order chi connectivity index (χ1) is 7.96. The molecule has 0 aliphatic rings. The molecule has 1 unspecified atom stereocenters. The Balaban J connectivity index is 2.84. The molecule has 3 nitrogen and oxygen atoms in total. The van der Waals surface area contributed by atoms with Crippen LogP contribution in [0.3, 0.4) is 0 Å². The lowest BCUT2D eigenvalue weighted by atomic mass is 10.1. The van der Waals surface area contributed by atoms with E-state index in [0.717, 1.165) is 0 Å². The normalized spacial score (nSPS) is 13.5. The van der Waals surface area contributed by atoms with E-state index >= 15 is 0 Å². The van der Waals surface area contributed by atoms with Crippen molar-refractivity contribution in [2.45, 2.75) is 12.3 Å². The topological polar surface area (TPSA) is 38.7 Å². The molecule has 0 aliphatic carbocycles. The Morgan fingerprint density at radius 3 is 2.47 bits per heavy atom. The number of aliphatic hydroxyl groups excluding tert-OH is 1. The first kappa shape index (κ1) is 13.8. The predicted octanol–water partition coefficient (Wildman–Crippen LogP) is 2.31. The van der Waals surface area contributed by atoms with Crippen LogP contribution in [0.5, 0.6) is 5.75 Å². The SMILES string of the molecule is COCCOc1ccccc1C(O)C(F)(F)F. The van der Waals surface area contributed by atoms with Crippen molar-refractivity contribution in [2.24, 2.45) is 0 Å². The van der Waals surface area contributed by atoms with Crippen molar-refractivity contribution in [3.05, 3.63) is 29.8 Å². The van der Waals surface area contributed by atoms with Gasteiger partial charge in [0, 0.05) is 12.7 Å². The highest BCUT2D eigenvalue weighted by molar-refractivity contribution is 5.35. The summed E-state index contributed by atoms with van der Waals surface area (Å²) in [5.41, 5.74) is -0.295. The first-order valence-corrected chi connectivity index (χ1v) is 4.92. The molecule has 1 N–H and O–H groups in total. The van der Waals surface area contributed by atoms with Crippen molar-refractivity contribution in [3.63, 3.8) is 0 Å². The number of para-hydroxylation sites is 1. The van der Waals surface area contributed by atoms with Gasteiger partial charge in [0.1, 0.15) is 12.4 Å². The van der Waals surface area contributed by atoms with Crippen molar-refractivity contribution in [3.8, 4) is 5.75 Å². The van der Waals surface area contributed by atoms with Crippen molar-refractivity contribution >= 4 is 0 Å². The molecule has 0 bridgehead atoms. The standard InChI is InChI=1S/C11H13F3O3/c1-16-6-7-17-9-5-3-2-4-8(9)10(15)11(12,13)14/h2-5,10,15H,6-7H2,1H3. The number of halogens is 3. The van der Waals surface area contributed by atoms with E-state index in [4.69, 9.17) is 14.6 Å². The van der Waals surface area contributed by atoms with E-state index in [-0.39, 0.29) is 24.5 Å². The van der Waals surface area contributed by atoms with Gasteiger partial charge in [0.2, 0.25) is 0 Å². The second-order valence-corrected chi connectivity index (χ2v) is 3.32. The molecule has 0 aromatic heterocycles. The molecule has 1 aromatic carbocycles. The van der Waals surface area contributed by atoms with Gasteiger partial charge in [-0.05, 0) is 6.07 Å². The van der Waals surface area contributed by atoms with Gasteiger partial charge in [0.15, 0.2) is 6.10 Å². The van der Waals surface area contributed by atoms with Crippen molar-refractivity contribution in [2.75, 3.05) is 20.3 Å². The number of benzene rings is 1. The van der Waals surface area contributed by atoms with Crippen LogP contribution < -0.4 is 4.74 Å². The Morgan fingerprint density at radius 2 is 1.88 bits per heavy atom. The summed E-state index contributed by atoms with van der Waals surface area (Å²) in [5.74, 6) is 0.00868. The zero-order chi connectivity index (χ0) is 12.9. The second-order valence-electron chi connectivity index (χ2n) is 3.32. The Hall–Kier alpha value is -1.27. The van der Waals surface area contributed by atoms with E-state index in [1.54, 1.807) is 0 Å². The molecular weight excluding hydrogens is 237 g/mol. The fraction of sp³-hybridized carbons (Fsp3) is 0.455. The largest absolute Gasteiger partial charge is 0.491 e. The number of hydrogen-bond donors (Lipinski definition) is 1. The van der Waals surface area contributed by atoms with E-state index < -0.39 is 12.3 Å². The Kier molecular flexibility index (Phi) is 4.77.